The van der Waals surface area contributed by atoms with E-state index in [2.05, 4.69) is 24.4 Å². The van der Waals surface area contributed by atoms with Crippen LogP contribution in [0.15, 0.2) is 12.1 Å². The number of aromatic hydroxyl groups is 1. The second-order valence-electron chi connectivity index (χ2n) is 4.78. The van der Waals surface area contributed by atoms with Crippen molar-refractivity contribution >= 4 is 0 Å². The van der Waals surface area contributed by atoms with Gasteiger partial charge in [0.1, 0.15) is 5.75 Å². The van der Waals surface area contributed by atoms with Crippen LogP contribution in [0.4, 0.5) is 0 Å². The van der Waals surface area contributed by atoms with Gasteiger partial charge in [0.15, 0.2) is 0 Å². The van der Waals surface area contributed by atoms with Crippen molar-refractivity contribution in [2.75, 3.05) is 0 Å². The molecule has 1 aliphatic carbocycles. The van der Waals surface area contributed by atoms with Crippen LogP contribution in [-0.4, -0.2) is 11.1 Å². The van der Waals surface area contributed by atoms with Gasteiger partial charge in [0.25, 0.3) is 0 Å². The first-order valence-corrected chi connectivity index (χ1v) is 5.60. The molecule has 0 aromatic heterocycles. The molecule has 2 atom stereocenters. The van der Waals surface area contributed by atoms with Crippen molar-refractivity contribution in [2.45, 2.75) is 39.8 Å². The van der Waals surface area contributed by atoms with Crippen molar-refractivity contribution in [1.29, 1.82) is 0 Å². The summed E-state index contributed by atoms with van der Waals surface area (Å²) < 4.78 is 0. The van der Waals surface area contributed by atoms with Gasteiger partial charge in [-0.3, -0.25) is 0 Å². The molecule has 2 N–H and O–H groups in total. The Morgan fingerprint density at radius 2 is 1.87 bits per heavy atom. The zero-order chi connectivity index (χ0) is 11.0. The highest BCUT2D eigenvalue weighted by molar-refractivity contribution is 5.42. The van der Waals surface area contributed by atoms with Crippen molar-refractivity contribution in [3.8, 4) is 5.75 Å². The quantitative estimate of drug-likeness (QED) is 0.794. The summed E-state index contributed by atoms with van der Waals surface area (Å²) >= 11 is 0. The Balaban J connectivity index is 2.02. The first kappa shape index (κ1) is 10.5. The monoisotopic (exact) mass is 205 g/mol. The molecule has 0 bridgehead atoms. The second kappa shape index (κ2) is 3.86. The van der Waals surface area contributed by atoms with Crippen LogP contribution in [0.3, 0.4) is 0 Å². The lowest BCUT2D eigenvalue weighted by molar-refractivity contribution is 0.466. The van der Waals surface area contributed by atoms with Crippen LogP contribution in [0, 0.1) is 19.8 Å². The van der Waals surface area contributed by atoms with Crippen molar-refractivity contribution < 1.29 is 5.11 Å². The first-order chi connectivity index (χ1) is 7.08. The molecule has 1 aromatic carbocycles. The van der Waals surface area contributed by atoms with E-state index in [-0.39, 0.29) is 0 Å². The molecule has 2 heteroatoms. The van der Waals surface area contributed by atoms with Crippen LogP contribution < -0.4 is 5.32 Å². The highest BCUT2D eigenvalue weighted by atomic mass is 16.3. The van der Waals surface area contributed by atoms with Gasteiger partial charge in [-0.25, -0.2) is 0 Å². The highest BCUT2D eigenvalue weighted by Crippen LogP contribution is 2.29. The number of hydrogen-bond donors (Lipinski definition) is 2. The average molecular weight is 205 g/mol. The molecule has 0 aliphatic heterocycles. The average Bonchev–Trinajstić information content (AvgIpc) is 2.88. The summed E-state index contributed by atoms with van der Waals surface area (Å²) in [6.07, 6.45) is 1.30. The third kappa shape index (κ3) is 2.32. The Labute approximate surface area is 91.3 Å². The first-order valence-electron chi connectivity index (χ1n) is 5.60. The van der Waals surface area contributed by atoms with E-state index >= 15 is 0 Å². The van der Waals surface area contributed by atoms with E-state index in [1.807, 2.05) is 13.8 Å². The number of hydrogen-bond acceptors (Lipinski definition) is 2. The number of rotatable bonds is 3. The Morgan fingerprint density at radius 3 is 2.33 bits per heavy atom. The lowest BCUT2D eigenvalue weighted by Gasteiger charge is -2.08. The molecular formula is C13H19NO. The number of nitrogens with one attached hydrogen (secondary N) is 1. The van der Waals surface area contributed by atoms with Crippen LogP contribution in [0.2, 0.25) is 0 Å². The molecule has 1 fully saturated rings. The topological polar surface area (TPSA) is 32.3 Å². The number of benzene rings is 1. The molecule has 2 rings (SSSR count). The van der Waals surface area contributed by atoms with Crippen LogP contribution in [-0.2, 0) is 6.54 Å². The summed E-state index contributed by atoms with van der Waals surface area (Å²) in [4.78, 5) is 0. The molecule has 82 valence electrons. The van der Waals surface area contributed by atoms with E-state index < -0.39 is 0 Å². The Hall–Kier alpha value is -1.02. The van der Waals surface area contributed by atoms with E-state index in [1.165, 1.54) is 12.0 Å². The van der Waals surface area contributed by atoms with Crippen LogP contribution in [0.1, 0.15) is 30.0 Å². The predicted octanol–water partition coefficient (Wildman–Crippen LogP) is 2.51. The fourth-order valence-electron chi connectivity index (χ4n) is 2.00. The molecule has 15 heavy (non-hydrogen) atoms. The molecule has 0 saturated heterocycles. The van der Waals surface area contributed by atoms with Crippen molar-refractivity contribution in [2.24, 2.45) is 5.92 Å². The van der Waals surface area contributed by atoms with Crippen LogP contribution in [0.5, 0.6) is 5.75 Å². The maximum absolute atomic E-state index is 9.64. The van der Waals surface area contributed by atoms with Crippen molar-refractivity contribution in [1.82, 2.24) is 5.32 Å². The summed E-state index contributed by atoms with van der Waals surface area (Å²) in [6.45, 7) is 7.08. The lowest BCUT2D eigenvalue weighted by atomic mass is 10.1. The molecule has 1 aliphatic rings. The van der Waals surface area contributed by atoms with Gasteiger partial charge < -0.3 is 10.4 Å². The summed E-state index contributed by atoms with van der Waals surface area (Å²) in [7, 11) is 0. The van der Waals surface area contributed by atoms with Gasteiger partial charge in [0.05, 0.1) is 0 Å². The largest absolute Gasteiger partial charge is 0.507 e. The van der Waals surface area contributed by atoms with E-state index in [4.69, 9.17) is 0 Å². The van der Waals surface area contributed by atoms with Gasteiger partial charge in [-0.15, -0.1) is 0 Å². The third-order valence-corrected chi connectivity index (χ3v) is 3.23. The van der Waals surface area contributed by atoms with Gasteiger partial charge in [-0.1, -0.05) is 19.1 Å². The smallest absolute Gasteiger partial charge is 0.121 e. The maximum atomic E-state index is 9.64. The van der Waals surface area contributed by atoms with Crippen molar-refractivity contribution in [3.63, 3.8) is 0 Å². The lowest BCUT2D eigenvalue weighted by Crippen LogP contribution is -2.17. The Bertz CT molecular complexity index is 350. The second-order valence-corrected chi connectivity index (χ2v) is 4.78. The van der Waals surface area contributed by atoms with Gasteiger partial charge in [0.2, 0.25) is 0 Å². The zero-order valence-electron chi connectivity index (χ0n) is 9.67. The van der Waals surface area contributed by atoms with E-state index in [0.29, 0.717) is 11.8 Å². The van der Waals surface area contributed by atoms with E-state index in [1.54, 1.807) is 0 Å². The predicted molar refractivity (Wildman–Crippen MR) is 62.0 cm³/mol. The standard InChI is InChI=1S/C13H19NO/c1-8-6-12(8)14-7-11-4-9(2)13(15)10(3)5-11/h4-5,8,12,14-15H,6-7H2,1-3H3. The summed E-state index contributed by atoms with van der Waals surface area (Å²) in [6, 6.07) is 4.82. The van der Waals surface area contributed by atoms with Gasteiger partial charge in [-0.2, -0.15) is 0 Å². The molecule has 1 aromatic rings. The maximum Gasteiger partial charge on any atom is 0.121 e. The van der Waals surface area contributed by atoms with Crippen LogP contribution in [0.25, 0.3) is 0 Å². The minimum absolute atomic E-state index is 0.429. The van der Waals surface area contributed by atoms with E-state index in [9.17, 15) is 5.11 Å². The third-order valence-electron chi connectivity index (χ3n) is 3.23. The van der Waals surface area contributed by atoms with Gasteiger partial charge in [0, 0.05) is 12.6 Å². The number of phenols is 1. The zero-order valence-corrected chi connectivity index (χ0v) is 9.67. The SMILES string of the molecule is Cc1cc(CNC2CC2C)cc(C)c1O. The molecular weight excluding hydrogens is 186 g/mol. The van der Waals surface area contributed by atoms with E-state index in [0.717, 1.165) is 23.6 Å². The molecule has 2 unspecified atom stereocenters. The number of aryl methyl sites for hydroxylation is 2. The van der Waals surface area contributed by atoms with Crippen LogP contribution >= 0.6 is 0 Å². The fourth-order valence-corrected chi connectivity index (χ4v) is 2.00. The molecule has 0 heterocycles. The molecule has 0 radical (unpaired) electrons. The summed E-state index contributed by atoms with van der Waals surface area (Å²) in [5.74, 6) is 1.27. The Morgan fingerprint density at radius 1 is 1.33 bits per heavy atom. The molecule has 1 saturated carbocycles. The Kier molecular flexibility index (Phi) is 2.70. The minimum atomic E-state index is 0.429. The summed E-state index contributed by atoms with van der Waals surface area (Å²) in [5, 5.41) is 13.2. The fraction of sp³-hybridized carbons (Fsp3) is 0.538. The van der Waals surface area contributed by atoms with Gasteiger partial charge in [-0.05, 0) is 42.9 Å². The molecule has 0 spiro atoms. The summed E-state index contributed by atoms with van der Waals surface area (Å²) in [5.41, 5.74) is 3.20. The minimum Gasteiger partial charge on any atom is -0.507 e. The molecule has 0 amide bonds. The molecule has 2 nitrogen and oxygen atoms in total. The van der Waals surface area contributed by atoms with Crippen molar-refractivity contribution in [3.05, 3.63) is 28.8 Å². The number of phenolic OH excluding ortho intramolecular Hbond substituents is 1. The highest BCUT2D eigenvalue weighted by Gasteiger charge is 2.31. The van der Waals surface area contributed by atoms with Gasteiger partial charge >= 0.3 is 0 Å². The normalized spacial score (nSPS) is 24.2.